The zero-order chi connectivity index (χ0) is 14.6. The van der Waals surface area contributed by atoms with Gasteiger partial charge in [0, 0.05) is 24.9 Å². The average Bonchev–Trinajstić information content (AvgIpc) is 2.45. The number of pyridine rings is 1. The molecule has 1 aliphatic carbocycles. The van der Waals surface area contributed by atoms with Gasteiger partial charge in [-0.2, -0.15) is 0 Å². The van der Waals surface area contributed by atoms with Gasteiger partial charge in [-0.25, -0.2) is 0 Å². The number of carbonyl (C=O) groups excluding carboxylic acids is 1. The lowest BCUT2D eigenvalue weighted by Gasteiger charge is -2.36. The van der Waals surface area contributed by atoms with E-state index in [1.165, 1.54) is 12.8 Å². The third-order valence-electron chi connectivity index (χ3n) is 4.51. The molecular weight excluding hydrogens is 248 g/mol. The van der Waals surface area contributed by atoms with E-state index < -0.39 is 0 Å². The first-order valence-corrected chi connectivity index (χ1v) is 7.63. The molecule has 110 valence electrons. The van der Waals surface area contributed by atoms with Gasteiger partial charge in [-0.15, -0.1) is 0 Å². The molecule has 1 heterocycles. The number of rotatable bonds is 3. The lowest BCUT2D eigenvalue weighted by molar-refractivity contribution is -0.126. The fourth-order valence-corrected chi connectivity index (χ4v) is 3.06. The minimum atomic E-state index is 0.199. The van der Waals surface area contributed by atoms with Crippen molar-refractivity contribution in [2.75, 3.05) is 0 Å². The summed E-state index contributed by atoms with van der Waals surface area (Å²) < 4.78 is 0. The summed E-state index contributed by atoms with van der Waals surface area (Å²) in [5, 5.41) is 3.04. The number of nitrogens with zero attached hydrogens (tertiary/aromatic N) is 1. The summed E-state index contributed by atoms with van der Waals surface area (Å²) in [6.07, 6.45) is 7.96. The molecule has 1 aromatic heterocycles. The molecule has 0 unspecified atom stereocenters. The molecule has 1 saturated carbocycles. The van der Waals surface area contributed by atoms with Crippen LogP contribution in [0.1, 0.15) is 52.0 Å². The Bertz CT molecular complexity index is 428. The van der Waals surface area contributed by atoms with E-state index in [2.05, 4.69) is 31.1 Å². The SMILES string of the molecule is CC(C)(C)C1CCC(C(=O)NCc2cccnc2)CC1. The third kappa shape index (κ3) is 4.06. The molecule has 0 bridgehead atoms. The maximum atomic E-state index is 12.2. The fourth-order valence-electron chi connectivity index (χ4n) is 3.06. The van der Waals surface area contributed by atoms with Gasteiger partial charge in [0.2, 0.25) is 5.91 Å². The number of carbonyl (C=O) groups is 1. The molecule has 2 rings (SSSR count). The molecule has 1 N–H and O–H groups in total. The molecular formula is C17H26N2O. The summed E-state index contributed by atoms with van der Waals surface area (Å²) in [6, 6.07) is 3.89. The fraction of sp³-hybridized carbons (Fsp3) is 0.647. The van der Waals surface area contributed by atoms with Gasteiger partial charge in [-0.3, -0.25) is 9.78 Å². The van der Waals surface area contributed by atoms with Crippen LogP contribution >= 0.6 is 0 Å². The molecule has 0 atom stereocenters. The predicted molar refractivity (Wildman–Crippen MR) is 81.0 cm³/mol. The van der Waals surface area contributed by atoms with Crippen molar-refractivity contribution in [3.63, 3.8) is 0 Å². The van der Waals surface area contributed by atoms with Gasteiger partial charge in [0.1, 0.15) is 0 Å². The van der Waals surface area contributed by atoms with Crippen LogP contribution in [-0.4, -0.2) is 10.9 Å². The van der Waals surface area contributed by atoms with Gasteiger partial charge in [-0.1, -0.05) is 26.8 Å². The molecule has 0 aromatic carbocycles. The molecule has 20 heavy (non-hydrogen) atoms. The normalized spacial score (nSPS) is 23.4. The van der Waals surface area contributed by atoms with Crippen LogP contribution in [0, 0.1) is 17.3 Å². The van der Waals surface area contributed by atoms with Gasteiger partial charge < -0.3 is 5.32 Å². The summed E-state index contributed by atoms with van der Waals surface area (Å²) in [5.41, 5.74) is 1.43. The Kier molecular flexibility index (Phi) is 4.79. The van der Waals surface area contributed by atoms with Crippen LogP contribution in [0.2, 0.25) is 0 Å². The van der Waals surface area contributed by atoms with E-state index in [-0.39, 0.29) is 11.8 Å². The van der Waals surface area contributed by atoms with Crippen molar-refractivity contribution in [1.29, 1.82) is 0 Å². The molecule has 0 spiro atoms. The van der Waals surface area contributed by atoms with E-state index >= 15 is 0 Å². The van der Waals surface area contributed by atoms with Crippen molar-refractivity contribution in [3.8, 4) is 0 Å². The highest BCUT2D eigenvalue weighted by Crippen LogP contribution is 2.39. The van der Waals surface area contributed by atoms with Crippen molar-refractivity contribution < 1.29 is 4.79 Å². The lowest BCUT2D eigenvalue weighted by atomic mass is 9.69. The van der Waals surface area contributed by atoms with Crippen molar-refractivity contribution in [1.82, 2.24) is 10.3 Å². The van der Waals surface area contributed by atoms with Crippen LogP contribution in [0.3, 0.4) is 0 Å². The summed E-state index contributed by atoms with van der Waals surface area (Å²) >= 11 is 0. The Balaban J connectivity index is 1.78. The Morgan fingerprint density at radius 1 is 1.30 bits per heavy atom. The van der Waals surface area contributed by atoms with Crippen LogP contribution in [0.25, 0.3) is 0 Å². The van der Waals surface area contributed by atoms with E-state index in [9.17, 15) is 4.79 Å². The monoisotopic (exact) mass is 274 g/mol. The molecule has 3 nitrogen and oxygen atoms in total. The quantitative estimate of drug-likeness (QED) is 0.916. The van der Waals surface area contributed by atoms with Crippen LogP contribution in [0.5, 0.6) is 0 Å². The summed E-state index contributed by atoms with van der Waals surface area (Å²) in [7, 11) is 0. The van der Waals surface area contributed by atoms with Crippen molar-refractivity contribution in [2.24, 2.45) is 17.3 Å². The predicted octanol–water partition coefficient (Wildman–Crippen LogP) is 3.55. The van der Waals surface area contributed by atoms with E-state index in [0.717, 1.165) is 24.3 Å². The summed E-state index contributed by atoms with van der Waals surface area (Å²) in [4.78, 5) is 16.3. The zero-order valence-corrected chi connectivity index (χ0v) is 12.9. The first kappa shape index (κ1) is 15.0. The topological polar surface area (TPSA) is 42.0 Å². The largest absolute Gasteiger partial charge is 0.352 e. The van der Waals surface area contributed by atoms with Crippen LogP contribution in [-0.2, 0) is 11.3 Å². The number of hydrogen-bond acceptors (Lipinski definition) is 2. The second kappa shape index (κ2) is 6.38. The van der Waals surface area contributed by atoms with Gasteiger partial charge in [0.25, 0.3) is 0 Å². The first-order valence-electron chi connectivity index (χ1n) is 7.63. The summed E-state index contributed by atoms with van der Waals surface area (Å²) in [6.45, 7) is 7.51. The number of nitrogens with one attached hydrogen (secondary N) is 1. The molecule has 3 heteroatoms. The Labute approximate surface area is 122 Å². The van der Waals surface area contributed by atoms with E-state index in [0.29, 0.717) is 12.0 Å². The maximum absolute atomic E-state index is 12.2. The zero-order valence-electron chi connectivity index (χ0n) is 12.9. The average molecular weight is 274 g/mol. The number of hydrogen-bond donors (Lipinski definition) is 1. The highest BCUT2D eigenvalue weighted by atomic mass is 16.1. The second-order valence-corrected chi connectivity index (χ2v) is 6.99. The van der Waals surface area contributed by atoms with Crippen molar-refractivity contribution >= 4 is 5.91 Å². The highest BCUT2D eigenvalue weighted by molar-refractivity contribution is 5.78. The number of amides is 1. The van der Waals surface area contributed by atoms with Gasteiger partial charge in [0.05, 0.1) is 0 Å². The summed E-state index contributed by atoms with van der Waals surface area (Å²) in [5.74, 6) is 1.16. The smallest absolute Gasteiger partial charge is 0.223 e. The molecule has 0 aliphatic heterocycles. The van der Waals surface area contributed by atoms with E-state index in [4.69, 9.17) is 0 Å². The van der Waals surface area contributed by atoms with Crippen molar-refractivity contribution in [2.45, 2.75) is 53.0 Å². The van der Waals surface area contributed by atoms with Crippen LogP contribution in [0.4, 0.5) is 0 Å². The minimum absolute atomic E-state index is 0.199. The first-order chi connectivity index (χ1) is 9.47. The Morgan fingerprint density at radius 3 is 2.55 bits per heavy atom. The Morgan fingerprint density at radius 2 is 2.00 bits per heavy atom. The maximum Gasteiger partial charge on any atom is 0.223 e. The van der Waals surface area contributed by atoms with Gasteiger partial charge in [-0.05, 0) is 48.6 Å². The van der Waals surface area contributed by atoms with E-state index in [1.54, 1.807) is 12.4 Å². The molecule has 1 amide bonds. The third-order valence-corrected chi connectivity index (χ3v) is 4.51. The van der Waals surface area contributed by atoms with Crippen LogP contribution < -0.4 is 5.32 Å². The molecule has 1 aromatic rings. The molecule has 0 radical (unpaired) electrons. The van der Waals surface area contributed by atoms with E-state index in [1.807, 2.05) is 12.1 Å². The van der Waals surface area contributed by atoms with Gasteiger partial charge in [0.15, 0.2) is 0 Å². The lowest BCUT2D eigenvalue weighted by Crippen LogP contribution is -2.35. The number of aromatic nitrogens is 1. The second-order valence-electron chi connectivity index (χ2n) is 6.99. The Hall–Kier alpha value is -1.38. The molecule has 1 aliphatic rings. The van der Waals surface area contributed by atoms with Crippen molar-refractivity contribution in [3.05, 3.63) is 30.1 Å². The molecule has 1 fully saturated rings. The standard InChI is InChI=1S/C17H26N2O/c1-17(2,3)15-8-6-14(7-9-15)16(20)19-12-13-5-4-10-18-11-13/h4-5,10-11,14-15H,6-9,12H2,1-3H3,(H,19,20). The molecule has 0 saturated heterocycles. The van der Waals surface area contributed by atoms with Gasteiger partial charge >= 0.3 is 0 Å². The minimum Gasteiger partial charge on any atom is -0.352 e. The highest BCUT2D eigenvalue weighted by Gasteiger charge is 2.32. The van der Waals surface area contributed by atoms with Crippen LogP contribution in [0.15, 0.2) is 24.5 Å².